The molecular formula is C18H28N2O2. The molecule has 1 aromatic carbocycles. The Morgan fingerprint density at radius 1 is 1.36 bits per heavy atom. The number of aryl methyl sites for hydroxylation is 1. The molecule has 1 aliphatic heterocycles. The first-order valence-corrected chi connectivity index (χ1v) is 8.27. The second kappa shape index (κ2) is 8.18. The number of hydrogen-bond donors (Lipinski definition) is 1. The summed E-state index contributed by atoms with van der Waals surface area (Å²) in [6, 6.07) is 6.18. The molecule has 1 aliphatic rings. The molecule has 0 spiro atoms. The molecule has 122 valence electrons. The van der Waals surface area contributed by atoms with E-state index < -0.39 is 0 Å². The van der Waals surface area contributed by atoms with Crippen molar-refractivity contribution in [3.63, 3.8) is 0 Å². The fourth-order valence-electron chi connectivity index (χ4n) is 3.07. The first kappa shape index (κ1) is 16.8. The van der Waals surface area contributed by atoms with Crippen molar-refractivity contribution in [3.05, 3.63) is 29.3 Å². The van der Waals surface area contributed by atoms with Crippen molar-refractivity contribution in [1.82, 2.24) is 10.2 Å². The number of hydrogen-bond acceptors (Lipinski definition) is 3. The molecular weight excluding hydrogens is 276 g/mol. The Morgan fingerprint density at radius 3 is 2.68 bits per heavy atom. The van der Waals surface area contributed by atoms with E-state index in [4.69, 9.17) is 4.74 Å². The minimum Gasteiger partial charge on any atom is -0.496 e. The number of carbonyl (C=O) groups is 1. The van der Waals surface area contributed by atoms with Crippen molar-refractivity contribution in [3.8, 4) is 5.75 Å². The van der Waals surface area contributed by atoms with Crippen LogP contribution in [0, 0.1) is 6.92 Å². The van der Waals surface area contributed by atoms with Gasteiger partial charge in [0.25, 0.3) is 0 Å². The number of likely N-dealkylation sites (tertiary alicyclic amines) is 1. The summed E-state index contributed by atoms with van der Waals surface area (Å²) < 4.78 is 5.26. The van der Waals surface area contributed by atoms with Gasteiger partial charge < -0.3 is 15.0 Å². The van der Waals surface area contributed by atoms with E-state index >= 15 is 0 Å². The van der Waals surface area contributed by atoms with Crippen LogP contribution in [-0.2, 0) is 11.2 Å². The maximum absolute atomic E-state index is 12.3. The van der Waals surface area contributed by atoms with E-state index in [0.717, 1.165) is 29.8 Å². The molecule has 22 heavy (non-hydrogen) atoms. The molecule has 0 saturated carbocycles. The molecule has 0 radical (unpaired) electrons. The summed E-state index contributed by atoms with van der Waals surface area (Å²) in [6.45, 7) is 7.46. The van der Waals surface area contributed by atoms with Crippen LogP contribution in [0.5, 0.6) is 5.75 Å². The molecule has 1 aromatic rings. The average Bonchev–Trinajstić information content (AvgIpc) is 2.99. The normalized spacial score (nSPS) is 16.5. The van der Waals surface area contributed by atoms with Crippen LogP contribution in [0.4, 0.5) is 0 Å². The quantitative estimate of drug-likeness (QED) is 0.841. The van der Waals surface area contributed by atoms with Gasteiger partial charge in [0, 0.05) is 12.6 Å². The van der Waals surface area contributed by atoms with Crippen molar-refractivity contribution in [2.75, 3.05) is 26.7 Å². The molecule has 0 bridgehead atoms. The Kier molecular flexibility index (Phi) is 6.25. The van der Waals surface area contributed by atoms with E-state index in [2.05, 4.69) is 17.1 Å². The van der Waals surface area contributed by atoms with Gasteiger partial charge in [-0.3, -0.25) is 4.79 Å². The molecule has 1 heterocycles. The number of rotatable bonds is 7. The van der Waals surface area contributed by atoms with Crippen LogP contribution in [0.1, 0.15) is 37.3 Å². The van der Waals surface area contributed by atoms with Crippen molar-refractivity contribution in [2.24, 2.45) is 0 Å². The van der Waals surface area contributed by atoms with Crippen molar-refractivity contribution in [2.45, 2.75) is 45.6 Å². The molecule has 4 nitrogen and oxygen atoms in total. The van der Waals surface area contributed by atoms with Crippen molar-refractivity contribution >= 4 is 5.91 Å². The number of ether oxygens (including phenoxy) is 1. The van der Waals surface area contributed by atoms with Gasteiger partial charge in [-0.15, -0.1) is 0 Å². The highest BCUT2D eigenvalue weighted by molar-refractivity contribution is 5.79. The highest BCUT2D eigenvalue weighted by Gasteiger charge is 2.18. The Morgan fingerprint density at radius 2 is 2.09 bits per heavy atom. The summed E-state index contributed by atoms with van der Waals surface area (Å²) in [7, 11) is 1.67. The second-order valence-corrected chi connectivity index (χ2v) is 6.16. The highest BCUT2D eigenvalue weighted by Crippen LogP contribution is 2.18. The lowest BCUT2D eigenvalue weighted by atomic mass is 10.1. The number of methoxy groups -OCH3 is 1. The summed E-state index contributed by atoms with van der Waals surface area (Å²) in [6.07, 6.45) is 3.98. The zero-order chi connectivity index (χ0) is 15.9. The molecule has 1 amide bonds. The zero-order valence-corrected chi connectivity index (χ0v) is 14.0. The lowest BCUT2D eigenvalue weighted by molar-refractivity contribution is -0.121. The predicted molar refractivity (Wildman–Crippen MR) is 89.3 cm³/mol. The van der Waals surface area contributed by atoms with Crippen molar-refractivity contribution in [1.29, 1.82) is 0 Å². The molecule has 1 N–H and O–H groups in total. The fourth-order valence-corrected chi connectivity index (χ4v) is 3.07. The minimum absolute atomic E-state index is 0.107. The molecule has 0 aliphatic carbocycles. The van der Waals surface area contributed by atoms with E-state index in [-0.39, 0.29) is 11.9 Å². The first-order valence-electron chi connectivity index (χ1n) is 8.27. The number of benzene rings is 1. The Labute approximate surface area is 133 Å². The van der Waals surface area contributed by atoms with Crippen LogP contribution in [-0.4, -0.2) is 43.6 Å². The number of amides is 1. The van der Waals surface area contributed by atoms with Gasteiger partial charge >= 0.3 is 0 Å². The van der Waals surface area contributed by atoms with E-state index in [1.807, 2.05) is 25.1 Å². The summed E-state index contributed by atoms with van der Waals surface area (Å²) in [4.78, 5) is 14.7. The van der Waals surface area contributed by atoms with Gasteiger partial charge in [0.2, 0.25) is 5.91 Å². The van der Waals surface area contributed by atoms with E-state index in [9.17, 15) is 4.79 Å². The standard InChI is InChI=1S/C18H28N2O2/c1-4-16(13-20-9-5-6-10-20)19-18(21)12-15-7-8-17(22-3)14(2)11-15/h7-8,11,16H,4-6,9-10,12-13H2,1-3H3,(H,19,21)/t16-/m1/s1. The van der Waals surface area contributed by atoms with E-state index in [1.54, 1.807) is 7.11 Å². The van der Waals surface area contributed by atoms with Crippen molar-refractivity contribution < 1.29 is 9.53 Å². The predicted octanol–water partition coefficient (Wildman–Crippen LogP) is 2.54. The van der Waals surface area contributed by atoms with Gasteiger partial charge in [-0.2, -0.15) is 0 Å². The third kappa shape index (κ3) is 4.73. The minimum atomic E-state index is 0.107. The number of nitrogens with zero attached hydrogens (tertiary/aromatic N) is 1. The topological polar surface area (TPSA) is 41.6 Å². The molecule has 0 aromatic heterocycles. The van der Waals surface area contributed by atoms with Gasteiger partial charge in [-0.05, 0) is 56.5 Å². The summed E-state index contributed by atoms with van der Waals surface area (Å²) >= 11 is 0. The summed E-state index contributed by atoms with van der Waals surface area (Å²) in [5, 5.41) is 3.18. The Bertz CT molecular complexity index is 496. The Balaban J connectivity index is 1.86. The summed E-state index contributed by atoms with van der Waals surface area (Å²) in [5.74, 6) is 0.972. The van der Waals surface area contributed by atoms with Crippen LogP contribution in [0.3, 0.4) is 0 Å². The van der Waals surface area contributed by atoms with E-state index in [1.165, 1.54) is 25.9 Å². The van der Waals surface area contributed by atoms with Crippen LogP contribution < -0.4 is 10.1 Å². The third-order valence-corrected chi connectivity index (χ3v) is 4.36. The van der Waals surface area contributed by atoms with Gasteiger partial charge in [0.1, 0.15) is 5.75 Å². The van der Waals surface area contributed by atoms with Gasteiger partial charge in [-0.25, -0.2) is 0 Å². The third-order valence-electron chi connectivity index (χ3n) is 4.36. The van der Waals surface area contributed by atoms with Crippen LogP contribution in [0.25, 0.3) is 0 Å². The molecule has 0 unspecified atom stereocenters. The molecule has 1 atom stereocenters. The number of carbonyl (C=O) groups excluding carboxylic acids is 1. The zero-order valence-electron chi connectivity index (χ0n) is 14.0. The second-order valence-electron chi connectivity index (χ2n) is 6.16. The molecule has 1 saturated heterocycles. The van der Waals surface area contributed by atoms with E-state index in [0.29, 0.717) is 6.42 Å². The number of nitrogens with one attached hydrogen (secondary N) is 1. The SMILES string of the molecule is CC[C@H](CN1CCCC1)NC(=O)Cc1ccc(OC)c(C)c1. The molecule has 1 fully saturated rings. The lowest BCUT2D eigenvalue weighted by Crippen LogP contribution is -2.43. The first-order chi connectivity index (χ1) is 10.6. The molecule has 4 heteroatoms. The van der Waals surface area contributed by atoms with Crippen LogP contribution in [0.2, 0.25) is 0 Å². The largest absolute Gasteiger partial charge is 0.496 e. The fraction of sp³-hybridized carbons (Fsp3) is 0.611. The van der Waals surface area contributed by atoms with Crippen LogP contribution in [0.15, 0.2) is 18.2 Å². The van der Waals surface area contributed by atoms with Gasteiger partial charge in [0.15, 0.2) is 0 Å². The Hall–Kier alpha value is -1.55. The summed E-state index contributed by atoms with van der Waals surface area (Å²) in [5.41, 5.74) is 2.10. The maximum Gasteiger partial charge on any atom is 0.224 e. The van der Waals surface area contributed by atoms with Crippen LogP contribution >= 0.6 is 0 Å². The molecule has 2 rings (SSSR count). The van der Waals surface area contributed by atoms with Gasteiger partial charge in [-0.1, -0.05) is 19.1 Å². The monoisotopic (exact) mass is 304 g/mol. The highest BCUT2D eigenvalue weighted by atomic mass is 16.5. The maximum atomic E-state index is 12.3. The lowest BCUT2D eigenvalue weighted by Gasteiger charge is -2.23. The average molecular weight is 304 g/mol. The van der Waals surface area contributed by atoms with Gasteiger partial charge in [0.05, 0.1) is 13.5 Å². The smallest absolute Gasteiger partial charge is 0.224 e.